The third-order valence-corrected chi connectivity index (χ3v) is 6.84. The van der Waals surface area contributed by atoms with Crippen molar-refractivity contribution in [2.75, 3.05) is 14.2 Å². The van der Waals surface area contributed by atoms with Crippen molar-refractivity contribution >= 4 is 5.71 Å². The molecule has 0 spiro atoms. The minimum Gasteiger partial charge on any atom is -0.497 e. The fourth-order valence-electron chi connectivity index (χ4n) is 4.89. The summed E-state index contributed by atoms with van der Waals surface area (Å²) in [4.78, 5) is 0. The minimum atomic E-state index is -0.396. The number of hydrogen-bond acceptors (Lipinski definition) is 6. The number of methoxy groups -OCH3 is 2. The lowest BCUT2D eigenvalue weighted by Gasteiger charge is -2.38. The van der Waals surface area contributed by atoms with Crippen LogP contribution < -0.4 is 18.9 Å². The van der Waals surface area contributed by atoms with Crippen molar-refractivity contribution in [3.05, 3.63) is 119 Å². The summed E-state index contributed by atoms with van der Waals surface area (Å²) in [5, 5.41) is 7.13. The van der Waals surface area contributed by atoms with Crippen molar-refractivity contribution < 1.29 is 18.9 Å². The van der Waals surface area contributed by atoms with Gasteiger partial charge in [0.15, 0.2) is 11.5 Å². The van der Waals surface area contributed by atoms with Crippen LogP contribution in [0.3, 0.4) is 0 Å². The van der Waals surface area contributed by atoms with E-state index in [9.17, 15) is 0 Å². The predicted molar refractivity (Wildman–Crippen MR) is 142 cm³/mol. The number of rotatable bonds is 7. The van der Waals surface area contributed by atoms with Gasteiger partial charge in [-0.05, 0) is 65.7 Å². The zero-order valence-corrected chi connectivity index (χ0v) is 20.8. The molecule has 6 nitrogen and oxygen atoms in total. The van der Waals surface area contributed by atoms with Crippen molar-refractivity contribution in [3.63, 3.8) is 0 Å². The van der Waals surface area contributed by atoms with Crippen LogP contribution in [0.4, 0.5) is 0 Å². The van der Waals surface area contributed by atoms with Crippen LogP contribution in [0.1, 0.15) is 40.9 Å². The van der Waals surface area contributed by atoms with E-state index in [0.717, 1.165) is 57.4 Å². The van der Waals surface area contributed by atoms with Gasteiger partial charge in [0.1, 0.15) is 18.1 Å². The Morgan fingerprint density at radius 1 is 0.811 bits per heavy atom. The van der Waals surface area contributed by atoms with Crippen LogP contribution in [0.5, 0.6) is 23.0 Å². The van der Waals surface area contributed by atoms with E-state index in [1.54, 1.807) is 14.2 Å². The molecule has 2 aliphatic rings. The maximum absolute atomic E-state index is 6.58. The van der Waals surface area contributed by atoms with Gasteiger partial charge in [-0.3, -0.25) is 0 Å². The van der Waals surface area contributed by atoms with Gasteiger partial charge < -0.3 is 18.9 Å². The van der Waals surface area contributed by atoms with Crippen LogP contribution in [0.2, 0.25) is 0 Å². The standard InChI is InChI=1S/C31H28N2O4/c1-34-24-15-11-22(12-16-24)27-19-28-26-9-6-10-29(35-2)30(26)37-31(33(28)32-27)23-13-17-25(18-14-23)36-20-21-7-4-3-5-8-21/h3-18,28,31H,19-20H2,1-2H3/t28-,31-/m0/s1. The second-order valence-electron chi connectivity index (χ2n) is 9.07. The molecule has 0 fully saturated rings. The third-order valence-electron chi connectivity index (χ3n) is 6.84. The highest BCUT2D eigenvalue weighted by atomic mass is 16.5. The Bertz CT molecular complexity index is 1400. The molecule has 0 aromatic heterocycles. The van der Waals surface area contributed by atoms with Crippen molar-refractivity contribution in [2.45, 2.75) is 25.3 Å². The lowest BCUT2D eigenvalue weighted by molar-refractivity contribution is -0.0209. The highest BCUT2D eigenvalue weighted by Gasteiger charge is 2.42. The van der Waals surface area contributed by atoms with Crippen molar-refractivity contribution in [2.24, 2.45) is 5.10 Å². The van der Waals surface area contributed by atoms with Crippen LogP contribution in [0, 0.1) is 0 Å². The molecule has 2 aliphatic heterocycles. The van der Waals surface area contributed by atoms with Gasteiger partial charge in [0.05, 0.1) is 26.0 Å². The normalized spacial score (nSPS) is 17.8. The first-order chi connectivity index (χ1) is 18.2. The van der Waals surface area contributed by atoms with E-state index < -0.39 is 6.23 Å². The zero-order valence-electron chi connectivity index (χ0n) is 20.8. The lowest BCUT2D eigenvalue weighted by atomic mass is 9.95. The summed E-state index contributed by atoms with van der Waals surface area (Å²) >= 11 is 0. The van der Waals surface area contributed by atoms with E-state index in [2.05, 4.69) is 35.3 Å². The molecule has 0 aliphatic carbocycles. The van der Waals surface area contributed by atoms with E-state index in [4.69, 9.17) is 24.0 Å². The smallest absolute Gasteiger partial charge is 0.214 e. The number of ether oxygens (including phenoxy) is 4. The zero-order chi connectivity index (χ0) is 25.2. The fraction of sp³-hybridized carbons (Fsp3) is 0.194. The molecule has 4 aromatic carbocycles. The van der Waals surface area contributed by atoms with Crippen LogP contribution in [-0.4, -0.2) is 24.9 Å². The van der Waals surface area contributed by atoms with E-state index in [-0.39, 0.29) is 6.04 Å². The van der Waals surface area contributed by atoms with Gasteiger partial charge in [0, 0.05) is 17.5 Å². The number of benzene rings is 4. The first-order valence-electron chi connectivity index (χ1n) is 12.3. The molecule has 0 saturated carbocycles. The Morgan fingerprint density at radius 3 is 2.30 bits per heavy atom. The number of nitrogens with zero attached hydrogens (tertiary/aromatic N) is 2. The van der Waals surface area contributed by atoms with E-state index in [1.165, 1.54) is 0 Å². The lowest BCUT2D eigenvalue weighted by Crippen LogP contribution is -2.33. The van der Waals surface area contributed by atoms with Crippen LogP contribution in [0.15, 0.2) is 102 Å². The molecule has 0 unspecified atom stereocenters. The van der Waals surface area contributed by atoms with Crippen LogP contribution in [0.25, 0.3) is 0 Å². The van der Waals surface area contributed by atoms with Crippen molar-refractivity contribution in [3.8, 4) is 23.0 Å². The number of para-hydroxylation sites is 1. The average Bonchev–Trinajstić information content (AvgIpc) is 3.42. The Balaban J connectivity index is 1.31. The van der Waals surface area contributed by atoms with Gasteiger partial charge in [-0.2, -0.15) is 5.10 Å². The molecule has 6 heteroatoms. The molecule has 0 N–H and O–H groups in total. The molecule has 0 amide bonds. The van der Waals surface area contributed by atoms with Crippen LogP contribution in [-0.2, 0) is 6.61 Å². The van der Waals surface area contributed by atoms with Crippen LogP contribution >= 0.6 is 0 Å². The monoisotopic (exact) mass is 492 g/mol. The molecule has 0 bridgehead atoms. The highest BCUT2D eigenvalue weighted by molar-refractivity contribution is 6.02. The predicted octanol–water partition coefficient (Wildman–Crippen LogP) is 6.53. The Morgan fingerprint density at radius 2 is 1.57 bits per heavy atom. The molecule has 2 atom stereocenters. The fourth-order valence-corrected chi connectivity index (χ4v) is 4.89. The Labute approximate surface area is 216 Å². The molecule has 186 valence electrons. The van der Waals surface area contributed by atoms with Gasteiger partial charge in [0.25, 0.3) is 0 Å². The molecule has 2 heterocycles. The Kier molecular flexibility index (Phi) is 6.15. The maximum atomic E-state index is 6.58. The maximum Gasteiger partial charge on any atom is 0.214 e. The highest BCUT2D eigenvalue weighted by Crippen LogP contribution is 2.50. The minimum absolute atomic E-state index is 0.0370. The quantitative estimate of drug-likeness (QED) is 0.294. The molecular formula is C31H28N2O4. The SMILES string of the molecule is COc1ccc(C2=NN3[C@@H](C2)c2cccc(OC)c2O[C@H]3c2ccc(OCc3ccccc3)cc2)cc1. The van der Waals surface area contributed by atoms with Gasteiger partial charge >= 0.3 is 0 Å². The van der Waals surface area contributed by atoms with Gasteiger partial charge in [-0.15, -0.1) is 0 Å². The third kappa shape index (κ3) is 4.47. The molecule has 6 rings (SSSR count). The van der Waals surface area contributed by atoms with Crippen molar-refractivity contribution in [1.29, 1.82) is 0 Å². The Hall–Kier alpha value is -4.45. The number of fused-ring (bicyclic) bond motifs is 3. The van der Waals surface area contributed by atoms with E-state index in [0.29, 0.717) is 6.61 Å². The average molecular weight is 493 g/mol. The molecule has 0 radical (unpaired) electrons. The summed E-state index contributed by atoms with van der Waals surface area (Å²) in [5.41, 5.74) is 5.29. The van der Waals surface area contributed by atoms with Gasteiger partial charge in [0.2, 0.25) is 6.23 Å². The second kappa shape index (κ2) is 9.90. The molecular weight excluding hydrogens is 464 g/mol. The van der Waals surface area contributed by atoms with Crippen molar-refractivity contribution in [1.82, 2.24) is 5.01 Å². The topological polar surface area (TPSA) is 52.5 Å². The number of hydrazone groups is 1. The summed E-state index contributed by atoms with van der Waals surface area (Å²) in [6, 6.07) is 32.3. The van der Waals surface area contributed by atoms with Gasteiger partial charge in [-0.1, -0.05) is 42.5 Å². The van der Waals surface area contributed by atoms with Gasteiger partial charge in [-0.25, -0.2) is 5.01 Å². The first kappa shape index (κ1) is 23.0. The first-order valence-corrected chi connectivity index (χ1v) is 12.3. The molecule has 37 heavy (non-hydrogen) atoms. The summed E-state index contributed by atoms with van der Waals surface area (Å²) in [6.07, 6.45) is 0.373. The number of hydrogen-bond donors (Lipinski definition) is 0. The summed E-state index contributed by atoms with van der Waals surface area (Å²) in [6.45, 7) is 0.522. The summed E-state index contributed by atoms with van der Waals surface area (Å²) in [5.74, 6) is 3.13. The summed E-state index contributed by atoms with van der Waals surface area (Å²) < 4.78 is 23.6. The van der Waals surface area contributed by atoms with E-state index in [1.807, 2.05) is 66.7 Å². The molecule has 4 aromatic rings. The largest absolute Gasteiger partial charge is 0.497 e. The second-order valence-corrected chi connectivity index (χ2v) is 9.07. The van der Waals surface area contributed by atoms with E-state index >= 15 is 0 Å². The summed E-state index contributed by atoms with van der Waals surface area (Å²) in [7, 11) is 3.35. The molecule has 0 saturated heterocycles.